The second-order valence-electron chi connectivity index (χ2n) is 5.64. The normalized spacial score (nSPS) is 16.0. The minimum atomic E-state index is -1.04. The van der Waals surface area contributed by atoms with Crippen molar-refractivity contribution in [3.05, 3.63) is 0 Å². The summed E-state index contributed by atoms with van der Waals surface area (Å²) >= 11 is 0. The molecule has 0 bridgehead atoms. The number of hydrogen-bond donors (Lipinski definition) is 1. The summed E-state index contributed by atoms with van der Waals surface area (Å²) in [5, 5.41) is 8.91. The Balaban J connectivity index is 2.60. The smallest absolute Gasteiger partial charge is 0.323 e. The third-order valence-electron chi connectivity index (χ3n) is 3.49. The molecule has 1 rings (SSSR count). The Morgan fingerprint density at radius 1 is 1.19 bits per heavy atom. The standard InChI is InChI=1S/C14H25N3O4/c1-15(2)8-9-17(11-14(20)21)13(19)10-16-7-5-3-4-6-12(16)18/h3-11H2,1-2H3,(H,20,21). The summed E-state index contributed by atoms with van der Waals surface area (Å²) in [5.74, 6) is -1.34. The molecule has 0 atom stereocenters. The fourth-order valence-electron chi connectivity index (χ4n) is 2.24. The van der Waals surface area contributed by atoms with Gasteiger partial charge in [0.05, 0.1) is 6.54 Å². The molecule has 0 aromatic heterocycles. The molecule has 7 nitrogen and oxygen atoms in total. The molecule has 1 N–H and O–H groups in total. The molecule has 21 heavy (non-hydrogen) atoms. The van der Waals surface area contributed by atoms with E-state index >= 15 is 0 Å². The van der Waals surface area contributed by atoms with Gasteiger partial charge in [-0.05, 0) is 26.9 Å². The SMILES string of the molecule is CN(C)CCN(CC(=O)O)C(=O)CN1CCCCCC1=O. The Labute approximate surface area is 125 Å². The maximum Gasteiger partial charge on any atom is 0.323 e. The van der Waals surface area contributed by atoms with Crippen LogP contribution in [0.3, 0.4) is 0 Å². The predicted molar refractivity (Wildman–Crippen MR) is 77.8 cm³/mol. The van der Waals surface area contributed by atoms with Crippen molar-refractivity contribution in [3.8, 4) is 0 Å². The van der Waals surface area contributed by atoms with Crippen molar-refractivity contribution in [3.63, 3.8) is 0 Å². The van der Waals surface area contributed by atoms with E-state index in [-0.39, 0.29) is 24.9 Å². The lowest BCUT2D eigenvalue weighted by molar-refractivity contribution is -0.146. The molecule has 1 aliphatic heterocycles. The highest BCUT2D eigenvalue weighted by molar-refractivity contribution is 5.87. The number of nitrogens with zero attached hydrogens (tertiary/aromatic N) is 3. The first-order valence-electron chi connectivity index (χ1n) is 7.32. The summed E-state index contributed by atoms with van der Waals surface area (Å²) < 4.78 is 0. The van der Waals surface area contributed by atoms with Gasteiger partial charge < -0.3 is 19.8 Å². The number of rotatable bonds is 7. The van der Waals surface area contributed by atoms with Crippen LogP contribution in [0.25, 0.3) is 0 Å². The van der Waals surface area contributed by atoms with Crippen molar-refractivity contribution < 1.29 is 19.5 Å². The largest absolute Gasteiger partial charge is 0.480 e. The lowest BCUT2D eigenvalue weighted by atomic mass is 10.2. The van der Waals surface area contributed by atoms with Gasteiger partial charge in [-0.2, -0.15) is 0 Å². The van der Waals surface area contributed by atoms with Crippen LogP contribution >= 0.6 is 0 Å². The second-order valence-corrected chi connectivity index (χ2v) is 5.64. The van der Waals surface area contributed by atoms with Gasteiger partial charge in [0, 0.05) is 26.1 Å². The second kappa shape index (κ2) is 8.61. The van der Waals surface area contributed by atoms with Crippen molar-refractivity contribution in [1.82, 2.24) is 14.7 Å². The van der Waals surface area contributed by atoms with E-state index in [9.17, 15) is 14.4 Å². The topological polar surface area (TPSA) is 81.2 Å². The van der Waals surface area contributed by atoms with E-state index in [0.29, 0.717) is 26.1 Å². The molecule has 0 aromatic carbocycles. The molecule has 1 heterocycles. The average Bonchev–Trinajstić information content (AvgIpc) is 2.59. The zero-order valence-electron chi connectivity index (χ0n) is 12.9. The third-order valence-corrected chi connectivity index (χ3v) is 3.49. The molecule has 0 saturated carbocycles. The first-order valence-corrected chi connectivity index (χ1v) is 7.32. The molecule has 2 amide bonds. The van der Waals surface area contributed by atoms with Crippen molar-refractivity contribution in [2.24, 2.45) is 0 Å². The number of likely N-dealkylation sites (tertiary alicyclic amines) is 1. The van der Waals surface area contributed by atoms with Crippen LogP contribution < -0.4 is 0 Å². The van der Waals surface area contributed by atoms with Gasteiger partial charge in [-0.25, -0.2) is 0 Å². The number of carbonyl (C=O) groups is 3. The van der Waals surface area contributed by atoms with E-state index in [1.165, 1.54) is 4.90 Å². The predicted octanol–water partition coefficient (Wildman–Crippen LogP) is -0.136. The van der Waals surface area contributed by atoms with Crippen LogP contribution in [0.15, 0.2) is 0 Å². The third kappa shape index (κ3) is 6.57. The van der Waals surface area contributed by atoms with Gasteiger partial charge in [0.2, 0.25) is 11.8 Å². The zero-order valence-corrected chi connectivity index (χ0v) is 12.9. The van der Waals surface area contributed by atoms with E-state index in [1.807, 2.05) is 19.0 Å². The average molecular weight is 299 g/mol. The Morgan fingerprint density at radius 3 is 2.52 bits per heavy atom. The minimum Gasteiger partial charge on any atom is -0.480 e. The van der Waals surface area contributed by atoms with Crippen LogP contribution in [0.1, 0.15) is 25.7 Å². The van der Waals surface area contributed by atoms with Crippen molar-refractivity contribution >= 4 is 17.8 Å². The Bertz CT molecular complexity index is 384. The van der Waals surface area contributed by atoms with E-state index in [2.05, 4.69) is 0 Å². The molecule has 0 radical (unpaired) electrons. The van der Waals surface area contributed by atoms with Gasteiger partial charge in [-0.1, -0.05) is 6.42 Å². The van der Waals surface area contributed by atoms with Crippen molar-refractivity contribution in [2.45, 2.75) is 25.7 Å². The number of likely N-dealkylation sites (N-methyl/N-ethyl adjacent to an activating group) is 1. The highest BCUT2D eigenvalue weighted by atomic mass is 16.4. The molecule has 0 unspecified atom stereocenters. The lowest BCUT2D eigenvalue weighted by Gasteiger charge is -2.26. The molecule has 1 fully saturated rings. The van der Waals surface area contributed by atoms with Crippen LogP contribution in [0.2, 0.25) is 0 Å². The molecule has 120 valence electrons. The lowest BCUT2D eigenvalue weighted by Crippen LogP contribution is -2.46. The molecule has 1 saturated heterocycles. The Morgan fingerprint density at radius 2 is 1.90 bits per heavy atom. The van der Waals surface area contributed by atoms with Crippen LogP contribution in [0, 0.1) is 0 Å². The van der Waals surface area contributed by atoms with Crippen LogP contribution in [-0.4, -0.2) is 84.4 Å². The van der Waals surface area contributed by atoms with E-state index in [1.54, 1.807) is 4.90 Å². The minimum absolute atomic E-state index is 0.0104. The molecule has 0 spiro atoms. The zero-order chi connectivity index (χ0) is 15.8. The van der Waals surface area contributed by atoms with E-state index < -0.39 is 5.97 Å². The van der Waals surface area contributed by atoms with Crippen molar-refractivity contribution in [2.75, 3.05) is 46.8 Å². The monoisotopic (exact) mass is 299 g/mol. The number of carboxylic acid groups (broad SMARTS) is 1. The van der Waals surface area contributed by atoms with Gasteiger partial charge in [0.15, 0.2) is 0 Å². The fourth-order valence-corrected chi connectivity index (χ4v) is 2.24. The highest BCUT2D eigenvalue weighted by Crippen LogP contribution is 2.11. The summed E-state index contributed by atoms with van der Waals surface area (Å²) in [7, 11) is 3.73. The van der Waals surface area contributed by atoms with Crippen LogP contribution in [0.4, 0.5) is 0 Å². The molecule has 0 aliphatic carbocycles. The van der Waals surface area contributed by atoms with E-state index in [0.717, 1.165) is 19.3 Å². The number of aliphatic carboxylic acids is 1. The Hall–Kier alpha value is -1.63. The molecule has 0 aromatic rings. The van der Waals surface area contributed by atoms with Crippen LogP contribution in [0.5, 0.6) is 0 Å². The summed E-state index contributed by atoms with van der Waals surface area (Å²) in [5.41, 5.74) is 0. The molecule has 1 aliphatic rings. The number of carboxylic acids is 1. The first-order chi connectivity index (χ1) is 9.90. The highest BCUT2D eigenvalue weighted by Gasteiger charge is 2.23. The van der Waals surface area contributed by atoms with Crippen LogP contribution in [-0.2, 0) is 14.4 Å². The number of hydrogen-bond acceptors (Lipinski definition) is 4. The summed E-state index contributed by atoms with van der Waals surface area (Å²) in [6.45, 7) is 1.18. The molecule has 7 heteroatoms. The number of carbonyl (C=O) groups excluding carboxylic acids is 2. The summed E-state index contributed by atoms with van der Waals surface area (Å²) in [6.07, 6.45) is 3.23. The van der Waals surface area contributed by atoms with Gasteiger partial charge in [-0.15, -0.1) is 0 Å². The van der Waals surface area contributed by atoms with E-state index in [4.69, 9.17) is 5.11 Å². The quantitative estimate of drug-likeness (QED) is 0.708. The summed E-state index contributed by atoms with van der Waals surface area (Å²) in [4.78, 5) is 39.8. The molecular weight excluding hydrogens is 274 g/mol. The van der Waals surface area contributed by atoms with Gasteiger partial charge in [0.1, 0.15) is 6.54 Å². The maximum absolute atomic E-state index is 12.3. The van der Waals surface area contributed by atoms with Gasteiger partial charge >= 0.3 is 5.97 Å². The fraction of sp³-hybridized carbons (Fsp3) is 0.786. The van der Waals surface area contributed by atoms with Crippen molar-refractivity contribution in [1.29, 1.82) is 0 Å². The first kappa shape index (κ1) is 17.4. The maximum atomic E-state index is 12.3. The van der Waals surface area contributed by atoms with Gasteiger partial charge in [0.25, 0.3) is 0 Å². The Kier molecular flexibility index (Phi) is 7.14. The number of amides is 2. The molecular formula is C14H25N3O4. The summed E-state index contributed by atoms with van der Waals surface area (Å²) in [6, 6.07) is 0. The van der Waals surface area contributed by atoms with Gasteiger partial charge in [-0.3, -0.25) is 14.4 Å².